The normalized spacial score (nSPS) is 27.3. The van der Waals surface area contributed by atoms with Crippen molar-refractivity contribution >= 4 is 25.8 Å². The van der Waals surface area contributed by atoms with Gasteiger partial charge in [0.25, 0.3) is 0 Å². The van der Waals surface area contributed by atoms with Gasteiger partial charge >= 0.3 is 0 Å². The van der Waals surface area contributed by atoms with Crippen molar-refractivity contribution in [1.82, 2.24) is 0 Å². The molecule has 2 nitrogen and oxygen atoms in total. The second kappa shape index (κ2) is 3.21. The van der Waals surface area contributed by atoms with E-state index in [1.807, 2.05) is 0 Å². The average molecular weight is 281 g/mol. The fraction of sp³-hybridized carbons (Fsp3) is 1.00. The van der Waals surface area contributed by atoms with E-state index in [1.54, 1.807) is 0 Å². The highest BCUT2D eigenvalue weighted by atomic mass is 79.9. The molecule has 0 N–H and O–H groups in total. The minimum absolute atomic E-state index is 0.313. The summed E-state index contributed by atoms with van der Waals surface area (Å²) in [4.78, 5) is 0. The lowest BCUT2D eigenvalue weighted by Gasteiger charge is -2.21. The van der Waals surface area contributed by atoms with Gasteiger partial charge in [-0.25, -0.2) is 8.42 Å². The molecule has 0 unspecified atom stereocenters. The van der Waals surface area contributed by atoms with Gasteiger partial charge in [0.1, 0.15) is 0 Å². The highest BCUT2D eigenvalue weighted by Gasteiger charge is 2.65. The predicted octanol–water partition coefficient (Wildman–Crippen LogP) is 2.66. The lowest BCUT2D eigenvalue weighted by molar-refractivity contribution is 0.552. The second-order valence-electron chi connectivity index (χ2n) is 4.75. The first kappa shape index (κ1) is 10.9. The molecule has 82 valence electrons. The Morgan fingerprint density at radius 1 is 1.14 bits per heavy atom. The van der Waals surface area contributed by atoms with Gasteiger partial charge in [0.05, 0.1) is 9.49 Å². The van der Waals surface area contributed by atoms with Gasteiger partial charge in [-0.15, -0.1) is 0 Å². The summed E-state index contributed by atoms with van der Waals surface area (Å²) in [5.74, 6) is 0. The van der Waals surface area contributed by atoms with Crippen LogP contribution >= 0.6 is 15.9 Å². The molecular weight excluding hydrogens is 264 g/mol. The van der Waals surface area contributed by atoms with Gasteiger partial charge in [-0.1, -0.05) is 29.3 Å². The van der Waals surface area contributed by atoms with Gasteiger partial charge in [0.2, 0.25) is 0 Å². The van der Waals surface area contributed by atoms with E-state index < -0.39 is 9.84 Å². The molecule has 0 aromatic carbocycles. The van der Waals surface area contributed by atoms with Gasteiger partial charge in [-0.2, -0.15) is 0 Å². The number of hydrogen-bond donors (Lipinski definition) is 0. The standard InChI is InChI=1S/C10H17BrO2S/c1-2-3-9(4-5-9)14(12,13)10(8-11)6-7-10/h2-8H2,1H3. The summed E-state index contributed by atoms with van der Waals surface area (Å²) in [6.07, 6.45) is 5.38. The van der Waals surface area contributed by atoms with Crippen LogP contribution in [-0.4, -0.2) is 23.2 Å². The first-order valence-electron chi connectivity index (χ1n) is 5.34. The minimum atomic E-state index is -2.87. The highest BCUT2D eigenvalue weighted by Crippen LogP contribution is 2.58. The summed E-state index contributed by atoms with van der Waals surface area (Å²) < 4.78 is 24.1. The van der Waals surface area contributed by atoms with Crippen molar-refractivity contribution in [2.24, 2.45) is 0 Å². The molecule has 2 aliphatic carbocycles. The van der Waals surface area contributed by atoms with Crippen molar-refractivity contribution < 1.29 is 8.42 Å². The molecule has 2 rings (SSSR count). The van der Waals surface area contributed by atoms with Crippen molar-refractivity contribution in [3.63, 3.8) is 0 Å². The van der Waals surface area contributed by atoms with Crippen molar-refractivity contribution in [3.8, 4) is 0 Å². The summed E-state index contributed by atoms with van der Waals surface area (Å²) in [7, 11) is -2.87. The number of rotatable bonds is 5. The largest absolute Gasteiger partial charge is 0.228 e. The van der Waals surface area contributed by atoms with E-state index in [0.29, 0.717) is 5.33 Å². The molecule has 2 fully saturated rings. The second-order valence-corrected chi connectivity index (χ2v) is 8.05. The summed E-state index contributed by atoms with van der Waals surface area (Å²) in [6, 6.07) is 0. The third kappa shape index (κ3) is 1.29. The maximum absolute atomic E-state index is 12.4. The summed E-state index contributed by atoms with van der Waals surface area (Å²) >= 11 is 3.36. The molecule has 14 heavy (non-hydrogen) atoms. The zero-order valence-corrected chi connectivity index (χ0v) is 11.0. The molecule has 0 heterocycles. The maximum Gasteiger partial charge on any atom is 0.162 e. The molecule has 0 bridgehead atoms. The highest BCUT2D eigenvalue weighted by molar-refractivity contribution is 9.09. The lowest BCUT2D eigenvalue weighted by Crippen LogP contribution is -2.36. The van der Waals surface area contributed by atoms with Crippen molar-refractivity contribution in [1.29, 1.82) is 0 Å². The number of halogens is 1. The Balaban J connectivity index is 2.25. The summed E-state index contributed by atoms with van der Waals surface area (Å²) in [5, 5.41) is 0.633. The molecule has 0 aromatic heterocycles. The molecule has 0 radical (unpaired) electrons. The van der Waals surface area contributed by atoms with Crippen molar-refractivity contribution in [2.45, 2.75) is 54.9 Å². The van der Waals surface area contributed by atoms with Crippen LogP contribution < -0.4 is 0 Å². The topological polar surface area (TPSA) is 34.1 Å². The van der Waals surface area contributed by atoms with Crippen molar-refractivity contribution in [3.05, 3.63) is 0 Å². The van der Waals surface area contributed by atoms with E-state index >= 15 is 0 Å². The molecular formula is C10H17BrO2S. The van der Waals surface area contributed by atoms with E-state index in [-0.39, 0.29) is 9.49 Å². The molecule has 0 amide bonds. The molecule has 0 spiro atoms. The van der Waals surface area contributed by atoms with Crippen LogP contribution in [-0.2, 0) is 9.84 Å². The van der Waals surface area contributed by atoms with E-state index in [4.69, 9.17) is 0 Å². The van der Waals surface area contributed by atoms with E-state index in [9.17, 15) is 8.42 Å². The minimum Gasteiger partial charge on any atom is -0.228 e. The SMILES string of the molecule is CCCC1(S(=O)(=O)C2(CBr)CC2)CC1. The van der Waals surface area contributed by atoms with Crippen LogP contribution in [0.15, 0.2) is 0 Å². The fourth-order valence-electron chi connectivity index (χ4n) is 2.32. The average Bonchev–Trinajstić information content (AvgIpc) is 3.01. The molecule has 4 heteroatoms. The quantitative estimate of drug-likeness (QED) is 0.726. The summed E-state index contributed by atoms with van der Waals surface area (Å²) in [6.45, 7) is 2.07. The molecule has 0 aliphatic heterocycles. The Morgan fingerprint density at radius 3 is 1.93 bits per heavy atom. The Bertz CT molecular complexity index is 326. The summed E-state index contributed by atoms with van der Waals surface area (Å²) in [5.41, 5.74) is 0. The van der Waals surface area contributed by atoms with Crippen LogP contribution in [0.1, 0.15) is 45.4 Å². The Kier molecular flexibility index (Phi) is 2.51. The maximum atomic E-state index is 12.4. The molecule has 0 saturated heterocycles. The molecule has 2 aliphatic rings. The van der Waals surface area contributed by atoms with Crippen LogP contribution in [0.3, 0.4) is 0 Å². The first-order valence-corrected chi connectivity index (χ1v) is 7.94. The molecule has 2 saturated carbocycles. The van der Waals surface area contributed by atoms with Crippen molar-refractivity contribution in [2.75, 3.05) is 5.33 Å². The van der Waals surface area contributed by atoms with Gasteiger partial charge < -0.3 is 0 Å². The smallest absolute Gasteiger partial charge is 0.162 e. The lowest BCUT2D eigenvalue weighted by atomic mass is 10.2. The monoisotopic (exact) mass is 280 g/mol. The molecule has 0 atom stereocenters. The van der Waals surface area contributed by atoms with Gasteiger partial charge in [-0.05, 0) is 32.1 Å². The number of hydrogen-bond acceptors (Lipinski definition) is 2. The zero-order valence-electron chi connectivity index (χ0n) is 8.55. The van der Waals surface area contributed by atoms with Crippen LogP contribution in [0.25, 0.3) is 0 Å². The van der Waals surface area contributed by atoms with E-state index in [1.165, 1.54) is 0 Å². The zero-order chi connectivity index (χ0) is 10.4. The number of alkyl halides is 1. The first-order chi connectivity index (χ1) is 6.54. The van der Waals surface area contributed by atoms with Crippen LogP contribution in [0.2, 0.25) is 0 Å². The van der Waals surface area contributed by atoms with Crippen LogP contribution in [0, 0.1) is 0 Å². The predicted molar refractivity (Wildman–Crippen MR) is 61.6 cm³/mol. The van der Waals surface area contributed by atoms with E-state index in [0.717, 1.165) is 38.5 Å². The third-order valence-corrected chi connectivity index (χ3v) is 8.59. The fourth-order valence-corrected chi connectivity index (χ4v) is 6.60. The third-order valence-electron chi connectivity index (χ3n) is 3.70. The van der Waals surface area contributed by atoms with Gasteiger partial charge in [0.15, 0.2) is 9.84 Å². The number of sulfone groups is 1. The van der Waals surface area contributed by atoms with Crippen LogP contribution in [0.5, 0.6) is 0 Å². The Morgan fingerprint density at radius 2 is 1.64 bits per heavy atom. The molecule has 0 aromatic rings. The van der Waals surface area contributed by atoms with Crippen LogP contribution in [0.4, 0.5) is 0 Å². The van der Waals surface area contributed by atoms with Gasteiger partial charge in [0, 0.05) is 5.33 Å². The van der Waals surface area contributed by atoms with E-state index in [2.05, 4.69) is 22.9 Å². The van der Waals surface area contributed by atoms with Gasteiger partial charge in [-0.3, -0.25) is 0 Å². The Hall–Kier alpha value is 0.430. The Labute approximate surface area is 94.5 Å².